The van der Waals surface area contributed by atoms with Gasteiger partial charge in [-0.05, 0) is 63.5 Å². The maximum absolute atomic E-state index is 2.54. The van der Waals surface area contributed by atoms with Crippen LogP contribution in [0.5, 0.6) is 0 Å². The summed E-state index contributed by atoms with van der Waals surface area (Å²) in [6.45, 7) is 0.128. The molecule has 1 aliphatic heterocycles. The Morgan fingerprint density at radius 3 is 1.57 bits per heavy atom. The summed E-state index contributed by atoms with van der Waals surface area (Å²) in [6.07, 6.45) is 0. The van der Waals surface area contributed by atoms with E-state index in [0.29, 0.717) is 0 Å². The molecule has 51 heavy (non-hydrogen) atoms. The molecule has 0 aliphatic carbocycles. The number of nitrogens with zero attached hydrogens (tertiary/aromatic N) is 2. The van der Waals surface area contributed by atoms with Gasteiger partial charge in [-0.2, -0.15) is 0 Å². The van der Waals surface area contributed by atoms with Gasteiger partial charge in [-0.15, -0.1) is 0 Å². The van der Waals surface area contributed by atoms with Crippen LogP contribution in [0.4, 0.5) is 0 Å². The van der Waals surface area contributed by atoms with Crippen molar-refractivity contribution in [3.63, 3.8) is 0 Å². The molecule has 0 radical (unpaired) electrons. The van der Waals surface area contributed by atoms with E-state index in [9.17, 15) is 0 Å². The zero-order valence-electron chi connectivity index (χ0n) is 27.9. The quantitative estimate of drug-likeness (QED) is 0.169. The third-order valence-electron chi connectivity index (χ3n) is 11.0. The molecule has 1 aliphatic rings. The fourth-order valence-corrected chi connectivity index (χ4v) is 8.78. The molecule has 0 atom stereocenters. The number of rotatable bonds is 4. The average Bonchev–Trinajstić information content (AvgIpc) is 3.73. The van der Waals surface area contributed by atoms with Crippen molar-refractivity contribution in [2.24, 2.45) is 0 Å². The molecule has 3 heterocycles. The molecule has 0 saturated carbocycles. The number of fused-ring (bicyclic) bond motifs is 8. The minimum Gasteiger partial charge on any atom is -0.310 e. The number of hydrogen-bond donors (Lipinski definition) is 0. The van der Waals surface area contributed by atoms with Crippen molar-refractivity contribution in [1.29, 1.82) is 0 Å². The summed E-state index contributed by atoms with van der Waals surface area (Å²) in [7, 11) is 0. The maximum atomic E-state index is 2.54. The Hall–Kier alpha value is -6.58. The van der Waals surface area contributed by atoms with E-state index in [2.05, 4.69) is 197 Å². The fraction of sp³-hybridized carbons (Fsp3) is 0. The van der Waals surface area contributed by atoms with Gasteiger partial charge in [0.25, 0.3) is 0 Å². The van der Waals surface area contributed by atoms with Gasteiger partial charge in [0.2, 0.25) is 6.71 Å². The largest absolute Gasteiger partial charge is 0.310 e. The van der Waals surface area contributed by atoms with Gasteiger partial charge in [0.1, 0.15) is 0 Å². The molecule has 236 valence electrons. The molecule has 11 rings (SSSR count). The third kappa shape index (κ3) is 4.12. The number of hydrogen-bond acceptors (Lipinski definition) is 0. The minimum atomic E-state index is 0.128. The fourth-order valence-electron chi connectivity index (χ4n) is 8.78. The molecule has 0 bridgehead atoms. The molecule has 0 N–H and O–H groups in total. The van der Waals surface area contributed by atoms with Gasteiger partial charge in [0.05, 0.1) is 27.8 Å². The molecule has 0 unspecified atom stereocenters. The van der Waals surface area contributed by atoms with E-state index in [4.69, 9.17) is 0 Å². The first kappa shape index (κ1) is 28.3. The highest BCUT2D eigenvalue weighted by atomic mass is 15.0. The van der Waals surface area contributed by atoms with Crippen LogP contribution in [0.3, 0.4) is 0 Å². The van der Waals surface area contributed by atoms with Crippen LogP contribution < -0.4 is 16.4 Å². The molecule has 8 aromatic carbocycles. The second-order valence-electron chi connectivity index (χ2n) is 13.7. The number of para-hydroxylation sites is 2. The zero-order valence-corrected chi connectivity index (χ0v) is 27.9. The standard InChI is InChI=1S/C48H31BN2/c1-4-14-32(15-5-1)34-24-26-37-38-27-25-35(33-16-6-2-7-17-33)31-46(38)50(45(37)30-34)44-29-28-41-48-47(44)39-20-10-12-22-42(39)51(48)43-23-13-11-21-40(43)49(41)36-18-8-3-9-19-36/h1-31H. The highest BCUT2D eigenvalue weighted by Crippen LogP contribution is 2.42. The highest BCUT2D eigenvalue weighted by molar-refractivity contribution is 6.98. The first-order chi connectivity index (χ1) is 25.3. The highest BCUT2D eigenvalue weighted by Gasteiger charge is 2.34. The van der Waals surface area contributed by atoms with E-state index >= 15 is 0 Å². The summed E-state index contributed by atoms with van der Waals surface area (Å²) in [6, 6.07) is 69.2. The molecule has 2 nitrogen and oxygen atoms in total. The lowest BCUT2D eigenvalue weighted by molar-refractivity contribution is 1.18. The van der Waals surface area contributed by atoms with Gasteiger partial charge in [-0.3, -0.25) is 0 Å². The smallest absolute Gasteiger partial charge is 0.246 e. The first-order valence-electron chi connectivity index (χ1n) is 17.7. The summed E-state index contributed by atoms with van der Waals surface area (Å²) in [5, 5.41) is 5.06. The van der Waals surface area contributed by atoms with Gasteiger partial charge in [-0.1, -0.05) is 163 Å². The van der Waals surface area contributed by atoms with E-state index in [0.717, 1.165) is 0 Å². The van der Waals surface area contributed by atoms with E-state index in [1.165, 1.54) is 93.6 Å². The Morgan fingerprint density at radius 1 is 0.333 bits per heavy atom. The van der Waals surface area contributed by atoms with Crippen molar-refractivity contribution in [2.75, 3.05) is 0 Å². The topological polar surface area (TPSA) is 9.86 Å². The van der Waals surface area contributed by atoms with Crippen LogP contribution in [0.25, 0.3) is 77.2 Å². The second-order valence-corrected chi connectivity index (χ2v) is 13.7. The Bertz CT molecular complexity index is 2860. The van der Waals surface area contributed by atoms with Crippen molar-refractivity contribution in [2.45, 2.75) is 0 Å². The lowest BCUT2D eigenvalue weighted by Crippen LogP contribution is -2.55. The molecule has 0 amide bonds. The van der Waals surface area contributed by atoms with Crippen LogP contribution in [0.15, 0.2) is 188 Å². The van der Waals surface area contributed by atoms with Gasteiger partial charge in [0.15, 0.2) is 0 Å². The van der Waals surface area contributed by atoms with Gasteiger partial charge in [0, 0.05) is 27.2 Å². The predicted octanol–water partition coefficient (Wildman–Crippen LogP) is 10.0. The summed E-state index contributed by atoms with van der Waals surface area (Å²) in [4.78, 5) is 0. The van der Waals surface area contributed by atoms with Crippen molar-refractivity contribution < 1.29 is 0 Å². The lowest BCUT2D eigenvalue weighted by atomic mass is 9.35. The van der Waals surface area contributed by atoms with Crippen molar-refractivity contribution >= 4 is 66.7 Å². The number of benzene rings is 8. The Morgan fingerprint density at radius 2 is 0.902 bits per heavy atom. The van der Waals surface area contributed by atoms with Crippen LogP contribution in [-0.4, -0.2) is 15.8 Å². The van der Waals surface area contributed by atoms with E-state index < -0.39 is 0 Å². The van der Waals surface area contributed by atoms with E-state index in [1.807, 2.05) is 0 Å². The Labute approximate surface area is 296 Å². The molecule has 0 spiro atoms. The summed E-state index contributed by atoms with van der Waals surface area (Å²) in [5.41, 5.74) is 16.2. The molecular formula is C48H31BN2. The van der Waals surface area contributed by atoms with E-state index in [-0.39, 0.29) is 6.71 Å². The summed E-state index contributed by atoms with van der Waals surface area (Å²) >= 11 is 0. The predicted molar refractivity (Wildman–Crippen MR) is 217 cm³/mol. The first-order valence-corrected chi connectivity index (χ1v) is 17.7. The van der Waals surface area contributed by atoms with Gasteiger partial charge < -0.3 is 9.13 Å². The summed E-state index contributed by atoms with van der Waals surface area (Å²) < 4.78 is 5.06. The van der Waals surface area contributed by atoms with Crippen LogP contribution in [0.1, 0.15) is 0 Å². The van der Waals surface area contributed by atoms with Crippen LogP contribution in [0.2, 0.25) is 0 Å². The monoisotopic (exact) mass is 646 g/mol. The van der Waals surface area contributed by atoms with Crippen LogP contribution in [0, 0.1) is 0 Å². The Kier molecular flexibility index (Phi) is 6.08. The van der Waals surface area contributed by atoms with Crippen LogP contribution >= 0.6 is 0 Å². The molecule has 3 heteroatoms. The average molecular weight is 647 g/mol. The Balaban J connectivity index is 1.30. The summed E-state index contributed by atoms with van der Waals surface area (Å²) in [5.74, 6) is 0. The van der Waals surface area contributed by atoms with Gasteiger partial charge >= 0.3 is 0 Å². The normalized spacial score (nSPS) is 12.3. The van der Waals surface area contributed by atoms with E-state index in [1.54, 1.807) is 0 Å². The SMILES string of the molecule is c1ccc(B2c3ccccc3-n3c4ccccc4c4c(-n5c6cc(-c7ccccc7)ccc6c6ccc(-c7ccccc7)cc65)ccc2c43)cc1. The molecule has 10 aromatic rings. The zero-order chi connectivity index (χ0) is 33.5. The third-order valence-corrected chi connectivity index (χ3v) is 11.0. The molecule has 0 fully saturated rings. The van der Waals surface area contributed by atoms with Crippen LogP contribution in [-0.2, 0) is 0 Å². The van der Waals surface area contributed by atoms with Crippen molar-refractivity contribution in [3.8, 4) is 33.6 Å². The van der Waals surface area contributed by atoms with Crippen molar-refractivity contribution in [1.82, 2.24) is 9.13 Å². The molecule has 0 saturated heterocycles. The molecule has 2 aromatic heterocycles. The lowest BCUT2D eigenvalue weighted by Gasteiger charge is -2.27. The molecular weight excluding hydrogens is 615 g/mol. The van der Waals surface area contributed by atoms with Crippen molar-refractivity contribution in [3.05, 3.63) is 188 Å². The maximum Gasteiger partial charge on any atom is 0.246 e. The second kappa shape index (κ2) is 11.0. The minimum absolute atomic E-state index is 0.128. The number of aromatic nitrogens is 2. The van der Waals surface area contributed by atoms with Gasteiger partial charge in [-0.25, -0.2) is 0 Å².